The minimum absolute atomic E-state index is 0.0125. The summed E-state index contributed by atoms with van der Waals surface area (Å²) in [5.41, 5.74) is 4.36. The number of carbonyl (C=O) groups is 2. The average Bonchev–Trinajstić information content (AvgIpc) is 2.24. The van der Waals surface area contributed by atoms with Gasteiger partial charge in [0.2, 0.25) is 5.91 Å². The van der Waals surface area contributed by atoms with E-state index in [4.69, 9.17) is 10.8 Å². The van der Waals surface area contributed by atoms with E-state index in [1.165, 1.54) is 25.8 Å². The fourth-order valence-electron chi connectivity index (χ4n) is 1.58. The summed E-state index contributed by atoms with van der Waals surface area (Å²) in [7, 11) is 1.53. The van der Waals surface area contributed by atoms with Gasteiger partial charge in [-0.2, -0.15) is 0 Å². The Bertz CT molecular complexity index is 311. The smallest absolute Gasteiger partial charge is 0.329 e. The normalized spacial score (nSPS) is 12.3. The molecule has 0 aliphatic heterocycles. The number of nitrogens with zero attached hydrogens (tertiary/aromatic N) is 1. The molecule has 0 saturated carbocycles. The molecule has 106 valence electrons. The molecule has 0 aromatic heterocycles. The molecule has 0 aromatic carbocycles. The Kier molecular flexibility index (Phi) is 5.80. The molecule has 0 saturated heterocycles. The minimum atomic E-state index is -1.17. The Morgan fingerprint density at radius 3 is 2.06 bits per heavy atom. The van der Waals surface area contributed by atoms with Crippen LogP contribution in [-0.4, -0.2) is 41.0 Å². The van der Waals surface area contributed by atoms with Crippen molar-refractivity contribution in [3.63, 3.8) is 0 Å². The van der Waals surface area contributed by atoms with E-state index in [9.17, 15) is 9.59 Å². The molecule has 0 heterocycles. The topological polar surface area (TPSA) is 83.6 Å². The van der Waals surface area contributed by atoms with Crippen LogP contribution in [0.3, 0.4) is 0 Å². The predicted octanol–water partition coefficient (Wildman–Crippen LogP) is 1.46. The third-order valence-electron chi connectivity index (χ3n) is 3.57. The van der Waals surface area contributed by atoms with Crippen LogP contribution in [0.2, 0.25) is 0 Å². The summed E-state index contributed by atoms with van der Waals surface area (Å²) in [6, 6.07) is 0. The van der Waals surface area contributed by atoms with Crippen LogP contribution in [0.1, 0.15) is 47.0 Å². The van der Waals surface area contributed by atoms with Crippen LogP contribution < -0.4 is 5.73 Å². The monoisotopic (exact) mass is 258 g/mol. The molecule has 0 radical (unpaired) electrons. The summed E-state index contributed by atoms with van der Waals surface area (Å²) in [5, 5.41) is 9.06. The van der Waals surface area contributed by atoms with E-state index in [0.717, 1.165) is 6.42 Å². The standard InChI is InChI=1S/C13H26N2O3/c1-12(2,8-9-14)7-6-10(16)15(5)13(3,4)11(17)18/h6-9,14H2,1-5H3,(H,17,18). The van der Waals surface area contributed by atoms with Crippen LogP contribution in [0.25, 0.3) is 0 Å². The average molecular weight is 258 g/mol. The highest BCUT2D eigenvalue weighted by Crippen LogP contribution is 2.27. The second kappa shape index (κ2) is 6.18. The van der Waals surface area contributed by atoms with E-state index < -0.39 is 11.5 Å². The van der Waals surface area contributed by atoms with Gasteiger partial charge in [-0.3, -0.25) is 4.79 Å². The van der Waals surface area contributed by atoms with Crippen molar-refractivity contribution in [2.45, 2.75) is 52.5 Å². The van der Waals surface area contributed by atoms with Crippen molar-refractivity contribution < 1.29 is 14.7 Å². The zero-order valence-electron chi connectivity index (χ0n) is 12.1. The third-order valence-corrected chi connectivity index (χ3v) is 3.57. The SMILES string of the molecule is CN(C(=O)CCC(C)(C)CCN)C(C)(C)C(=O)O. The second-order valence-electron chi connectivity index (χ2n) is 6.02. The van der Waals surface area contributed by atoms with Gasteiger partial charge in [-0.15, -0.1) is 0 Å². The molecule has 0 unspecified atom stereocenters. The molecule has 0 spiro atoms. The lowest BCUT2D eigenvalue weighted by Gasteiger charge is -2.33. The van der Waals surface area contributed by atoms with Crippen LogP contribution in [0.15, 0.2) is 0 Å². The molecule has 0 fully saturated rings. The Hall–Kier alpha value is -1.10. The molecule has 0 bridgehead atoms. The van der Waals surface area contributed by atoms with Crippen molar-refractivity contribution in [3.8, 4) is 0 Å². The molecule has 18 heavy (non-hydrogen) atoms. The van der Waals surface area contributed by atoms with E-state index >= 15 is 0 Å². The first-order chi connectivity index (χ1) is 8.04. The van der Waals surface area contributed by atoms with Crippen molar-refractivity contribution in [3.05, 3.63) is 0 Å². The summed E-state index contributed by atoms with van der Waals surface area (Å²) in [4.78, 5) is 24.3. The maximum absolute atomic E-state index is 12.0. The number of rotatable bonds is 7. The number of nitrogens with two attached hydrogens (primary N) is 1. The van der Waals surface area contributed by atoms with Gasteiger partial charge in [0.25, 0.3) is 0 Å². The van der Waals surface area contributed by atoms with Crippen LogP contribution >= 0.6 is 0 Å². The molecule has 5 nitrogen and oxygen atoms in total. The maximum Gasteiger partial charge on any atom is 0.329 e. The van der Waals surface area contributed by atoms with E-state index in [2.05, 4.69) is 13.8 Å². The number of carboxylic acid groups (broad SMARTS) is 1. The largest absolute Gasteiger partial charge is 0.480 e. The number of carboxylic acids is 1. The number of amides is 1. The van der Waals surface area contributed by atoms with Crippen molar-refractivity contribution in [2.75, 3.05) is 13.6 Å². The fraction of sp³-hybridized carbons (Fsp3) is 0.846. The lowest BCUT2D eigenvalue weighted by atomic mass is 9.84. The van der Waals surface area contributed by atoms with Gasteiger partial charge in [0.05, 0.1) is 0 Å². The molecule has 5 heteroatoms. The highest BCUT2D eigenvalue weighted by molar-refractivity contribution is 5.86. The number of aliphatic carboxylic acids is 1. The minimum Gasteiger partial charge on any atom is -0.480 e. The third kappa shape index (κ3) is 4.64. The Morgan fingerprint density at radius 1 is 1.17 bits per heavy atom. The van der Waals surface area contributed by atoms with E-state index in [1.807, 2.05) is 0 Å². The zero-order chi connectivity index (χ0) is 14.6. The zero-order valence-corrected chi connectivity index (χ0v) is 12.1. The molecule has 3 N–H and O–H groups in total. The van der Waals surface area contributed by atoms with Crippen molar-refractivity contribution in [1.29, 1.82) is 0 Å². The number of likely N-dealkylation sites (N-methyl/N-ethyl adjacent to an activating group) is 1. The van der Waals surface area contributed by atoms with Crippen LogP contribution in [0, 0.1) is 5.41 Å². The van der Waals surface area contributed by atoms with Gasteiger partial charge in [-0.05, 0) is 38.6 Å². The van der Waals surface area contributed by atoms with E-state index in [1.54, 1.807) is 0 Å². The molecule has 0 atom stereocenters. The van der Waals surface area contributed by atoms with Crippen molar-refractivity contribution in [1.82, 2.24) is 4.90 Å². The molecule has 0 rings (SSSR count). The Labute approximate surface area is 109 Å². The lowest BCUT2D eigenvalue weighted by molar-refractivity contribution is -0.155. The highest BCUT2D eigenvalue weighted by atomic mass is 16.4. The van der Waals surface area contributed by atoms with Crippen LogP contribution in [0.5, 0.6) is 0 Å². The Morgan fingerprint density at radius 2 is 1.67 bits per heavy atom. The first-order valence-corrected chi connectivity index (χ1v) is 6.25. The Balaban J connectivity index is 4.47. The van der Waals surface area contributed by atoms with Crippen LogP contribution in [0.4, 0.5) is 0 Å². The number of hydrogen-bond donors (Lipinski definition) is 2. The molecule has 0 aliphatic rings. The fourth-order valence-corrected chi connectivity index (χ4v) is 1.58. The number of carbonyl (C=O) groups excluding carboxylic acids is 1. The summed E-state index contributed by atoms with van der Waals surface area (Å²) >= 11 is 0. The first kappa shape index (κ1) is 16.9. The van der Waals surface area contributed by atoms with Gasteiger partial charge in [0, 0.05) is 13.5 Å². The maximum atomic E-state index is 12.0. The number of hydrogen-bond acceptors (Lipinski definition) is 3. The quantitative estimate of drug-likeness (QED) is 0.724. The summed E-state index contributed by atoms with van der Waals surface area (Å²) in [5.74, 6) is -1.15. The van der Waals surface area contributed by atoms with Gasteiger partial charge >= 0.3 is 5.97 Å². The molecule has 1 amide bonds. The summed E-state index contributed by atoms with van der Waals surface area (Å²) < 4.78 is 0. The predicted molar refractivity (Wildman–Crippen MR) is 71.2 cm³/mol. The van der Waals surface area contributed by atoms with Crippen molar-refractivity contribution in [2.24, 2.45) is 11.1 Å². The van der Waals surface area contributed by atoms with Gasteiger partial charge in [0.1, 0.15) is 5.54 Å². The van der Waals surface area contributed by atoms with E-state index in [0.29, 0.717) is 19.4 Å². The lowest BCUT2D eigenvalue weighted by Crippen LogP contribution is -2.50. The van der Waals surface area contributed by atoms with Crippen LogP contribution in [-0.2, 0) is 9.59 Å². The highest BCUT2D eigenvalue weighted by Gasteiger charge is 2.35. The first-order valence-electron chi connectivity index (χ1n) is 6.25. The summed E-state index contributed by atoms with van der Waals surface area (Å²) in [6.07, 6.45) is 1.91. The molecule has 0 aliphatic carbocycles. The van der Waals surface area contributed by atoms with Gasteiger partial charge in [-0.1, -0.05) is 13.8 Å². The van der Waals surface area contributed by atoms with Gasteiger partial charge in [-0.25, -0.2) is 4.79 Å². The second-order valence-corrected chi connectivity index (χ2v) is 6.02. The molecule has 0 aromatic rings. The molecular formula is C13H26N2O3. The molecular weight excluding hydrogens is 232 g/mol. The van der Waals surface area contributed by atoms with Crippen molar-refractivity contribution >= 4 is 11.9 Å². The summed E-state index contributed by atoms with van der Waals surface area (Å²) in [6.45, 7) is 7.78. The van der Waals surface area contributed by atoms with Gasteiger partial charge < -0.3 is 15.7 Å². The van der Waals surface area contributed by atoms with Gasteiger partial charge in [0.15, 0.2) is 0 Å². The van der Waals surface area contributed by atoms with E-state index in [-0.39, 0.29) is 11.3 Å².